The average Bonchev–Trinajstić information content (AvgIpc) is 2.68. The fourth-order valence-electron chi connectivity index (χ4n) is 3.40. The monoisotopic (exact) mass is 373 g/mol. The summed E-state index contributed by atoms with van der Waals surface area (Å²) in [4.78, 5) is 38.6. The van der Waals surface area contributed by atoms with E-state index in [1.165, 1.54) is 6.42 Å². The number of hydrogen-bond donors (Lipinski definition) is 2. The zero-order valence-corrected chi connectivity index (χ0v) is 16.4. The largest absolute Gasteiger partial charge is 0.345 e. The third-order valence-electron chi connectivity index (χ3n) is 4.88. The molecule has 1 aliphatic carbocycles. The van der Waals surface area contributed by atoms with Crippen molar-refractivity contribution in [2.45, 2.75) is 52.4 Å². The Hall–Kier alpha value is -2.37. The van der Waals surface area contributed by atoms with Crippen molar-refractivity contribution in [2.24, 2.45) is 5.92 Å². The molecule has 2 rings (SSSR count). The molecule has 27 heavy (non-hydrogen) atoms. The minimum atomic E-state index is -0.299. The lowest BCUT2D eigenvalue weighted by molar-refractivity contribution is -0.140. The number of nitrogens with one attached hydrogen (secondary N) is 2. The molecule has 0 aromatic heterocycles. The molecule has 6 heteroatoms. The van der Waals surface area contributed by atoms with E-state index >= 15 is 0 Å². The van der Waals surface area contributed by atoms with Crippen molar-refractivity contribution in [3.05, 3.63) is 29.8 Å². The molecule has 0 heterocycles. The number of rotatable bonds is 8. The van der Waals surface area contributed by atoms with Gasteiger partial charge in [-0.3, -0.25) is 14.4 Å². The minimum absolute atomic E-state index is 0.0149. The van der Waals surface area contributed by atoms with E-state index in [0.717, 1.165) is 37.7 Å². The molecule has 1 aromatic carbocycles. The van der Waals surface area contributed by atoms with E-state index in [4.69, 9.17) is 0 Å². The summed E-state index contributed by atoms with van der Waals surface area (Å²) in [7, 11) is 0. The molecule has 0 atom stereocenters. The molecule has 0 spiro atoms. The first-order valence-corrected chi connectivity index (χ1v) is 9.91. The van der Waals surface area contributed by atoms with E-state index in [0.29, 0.717) is 12.2 Å². The third-order valence-corrected chi connectivity index (χ3v) is 4.88. The van der Waals surface area contributed by atoms with Gasteiger partial charge in [0.05, 0.1) is 13.1 Å². The minimum Gasteiger partial charge on any atom is -0.345 e. The highest BCUT2D eigenvalue weighted by Gasteiger charge is 2.26. The summed E-state index contributed by atoms with van der Waals surface area (Å²) < 4.78 is 0. The standard InChI is InChI=1S/C21H31N3O3/c1-3-13-24(21(27)17-7-5-4-6-8-17)15-20(26)22-14-19(25)23-18-11-9-16(2)10-12-18/h9-12,17H,3-8,13-15H2,1-2H3,(H,22,26)(H,23,25). The second-order valence-corrected chi connectivity index (χ2v) is 7.29. The van der Waals surface area contributed by atoms with Gasteiger partial charge in [-0.15, -0.1) is 0 Å². The average molecular weight is 373 g/mol. The van der Waals surface area contributed by atoms with Crippen LogP contribution in [0.2, 0.25) is 0 Å². The van der Waals surface area contributed by atoms with Crippen molar-refractivity contribution < 1.29 is 14.4 Å². The molecule has 1 saturated carbocycles. The number of carbonyl (C=O) groups is 3. The second kappa shape index (κ2) is 10.7. The van der Waals surface area contributed by atoms with Crippen LogP contribution in [0.5, 0.6) is 0 Å². The van der Waals surface area contributed by atoms with E-state index in [-0.39, 0.29) is 36.7 Å². The summed E-state index contributed by atoms with van der Waals surface area (Å²) in [6, 6.07) is 7.46. The van der Waals surface area contributed by atoms with Gasteiger partial charge in [-0.05, 0) is 38.3 Å². The lowest BCUT2D eigenvalue weighted by Crippen LogP contribution is -2.45. The number of amides is 3. The Bertz CT molecular complexity index is 637. The van der Waals surface area contributed by atoms with Gasteiger partial charge < -0.3 is 15.5 Å². The first kappa shape index (κ1) is 20.9. The Morgan fingerprint density at radius 1 is 1.04 bits per heavy atom. The quantitative estimate of drug-likeness (QED) is 0.735. The topological polar surface area (TPSA) is 78.5 Å². The van der Waals surface area contributed by atoms with Crippen LogP contribution >= 0.6 is 0 Å². The first-order valence-electron chi connectivity index (χ1n) is 9.91. The molecule has 2 N–H and O–H groups in total. The van der Waals surface area contributed by atoms with E-state index in [1.807, 2.05) is 38.1 Å². The predicted octanol–water partition coefficient (Wildman–Crippen LogP) is 2.87. The van der Waals surface area contributed by atoms with Gasteiger partial charge in [-0.2, -0.15) is 0 Å². The van der Waals surface area contributed by atoms with Crippen molar-refractivity contribution in [3.8, 4) is 0 Å². The van der Waals surface area contributed by atoms with Gasteiger partial charge in [-0.1, -0.05) is 43.9 Å². The van der Waals surface area contributed by atoms with Gasteiger partial charge in [0.1, 0.15) is 0 Å². The molecule has 1 aromatic rings. The number of aryl methyl sites for hydroxylation is 1. The van der Waals surface area contributed by atoms with Crippen molar-refractivity contribution in [1.29, 1.82) is 0 Å². The lowest BCUT2D eigenvalue weighted by Gasteiger charge is -2.28. The summed E-state index contributed by atoms with van der Waals surface area (Å²) in [5, 5.41) is 5.36. The fraction of sp³-hybridized carbons (Fsp3) is 0.571. The molecule has 1 fully saturated rings. The maximum atomic E-state index is 12.7. The molecule has 0 unspecified atom stereocenters. The second-order valence-electron chi connectivity index (χ2n) is 7.29. The smallest absolute Gasteiger partial charge is 0.243 e. The summed E-state index contributed by atoms with van der Waals surface area (Å²) in [6.07, 6.45) is 6.00. The molecular formula is C21H31N3O3. The van der Waals surface area contributed by atoms with E-state index in [9.17, 15) is 14.4 Å². The van der Waals surface area contributed by atoms with Crippen LogP contribution in [0.4, 0.5) is 5.69 Å². The molecular weight excluding hydrogens is 342 g/mol. The van der Waals surface area contributed by atoms with Gasteiger partial charge in [-0.25, -0.2) is 0 Å². The molecule has 3 amide bonds. The molecule has 148 valence electrons. The van der Waals surface area contributed by atoms with Gasteiger partial charge in [0.15, 0.2) is 0 Å². The van der Waals surface area contributed by atoms with Crippen LogP contribution in [-0.4, -0.2) is 42.3 Å². The number of nitrogens with zero attached hydrogens (tertiary/aromatic N) is 1. The highest BCUT2D eigenvalue weighted by molar-refractivity contribution is 5.95. The molecule has 0 radical (unpaired) electrons. The van der Waals surface area contributed by atoms with Crippen LogP contribution in [0.3, 0.4) is 0 Å². The van der Waals surface area contributed by atoms with Crippen molar-refractivity contribution >= 4 is 23.4 Å². The third kappa shape index (κ3) is 7.04. The van der Waals surface area contributed by atoms with Crippen LogP contribution in [0.15, 0.2) is 24.3 Å². The Kier molecular flexibility index (Phi) is 8.30. The number of anilines is 1. The fourth-order valence-corrected chi connectivity index (χ4v) is 3.40. The van der Waals surface area contributed by atoms with Crippen LogP contribution in [0.25, 0.3) is 0 Å². The van der Waals surface area contributed by atoms with Gasteiger partial charge in [0.25, 0.3) is 0 Å². The summed E-state index contributed by atoms with van der Waals surface area (Å²) in [5.41, 5.74) is 1.81. The SMILES string of the molecule is CCCN(CC(=O)NCC(=O)Nc1ccc(C)cc1)C(=O)C1CCCCC1. The lowest BCUT2D eigenvalue weighted by atomic mass is 9.88. The Balaban J connectivity index is 1.79. The van der Waals surface area contributed by atoms with Gasteiger partial charge in [0, 0.05) is 18.2 Å². The normalized spacial score (nSPS) is 14.4. The van der Waals surface area contributed by atoms with Crippen molar-refractivity contribution in [3.63, 3.8) is 0 Å². The van der Waals surface area contributed by atoms with Crippen LogP contribution < -0.4 is 10.6 Å². The maximum absolute atomic E-state index is 12.7. The van der Waals surface area contributed by atoms with Crippen LogP contribution in [0, 0.1) is 12.8 Å². The number of benzene rings is 1. The number of carbonyl (C=O) groups excluding carboxylic acids is 3. The van der Waals surface area contributed by atoms with E-state index < -0.39 is 0 Å². The van der Waals surface area contributed by atoms with Crippen LogP contribution in [0.1, 0.15) is 51.0 Å². The Labute approximate surface area is 161 Å². The number of hydrogen-bond acceptors (Lipinski definition) is 3. The summed E-state index contributed by atoms with van der Waals surface area (Å²) in [5.74, 6) is -0.460. The summed E-state index contributed by atoms with van der Waals surface area (Å²) >= 11 is 0. The molecule has 6 nitrogen and oxygen atoms in total. The zero-order valence-electron chi connectivity index (χ0n) is 16.4. The van der Waals surface area contributed by atoms with E-state index in [2.05, 4.69) is 10.6 Å². The Morgan fingerprint density at radius 2 is 1.70 bits per heavy atom. The predicted molar refractivity (Wildman–Crippen MR) is 106 cm³/mol. The summed E-state index contributed by atoms with van der Waals surface area (Å²) in [6.45, 7) is 4.44. The van der Waals surface area contributed by atoms with Crippen molar-refractivity contribution in [2.75, 3.05) is 25.0 Å². The zero-order chi connectivity index (χ0) is 19.6. The Morgan fingerprint density at radius 3 is 2.33 bits per heavy atom. The van der Waals surface area contributed by atoms with Crippen LogP contribution in [-0.2, 0) is 14.4 Å². The van der Waals surface area contributed by atoms with Gasteiger partial charge >= 0.3 is 0 Å². The van der Waals surface area contributed by atoms with Gasteiger partial charge in [0.2, 0.25) is 17.7 Å². The highest BCUT2D eigenvalue weighted by atomic mass is 16.2. The highest BCUT2D eigenvalue weighted by Crippen LogP contribution is 2.25. The molecule has 0 bridgehead atoms. The maximum Gasteiger partial charge on any atom is 0.243 e. The van der Waals surface area contributed by atoms with Crippen molar-refractivity contribution in [1.82, 2.24) is 10.2 Å². The molecule has 0 saturated heterocycles. The van der Waals surface area contributed by atoms with E-state index in [1.54, 1.807) is 4.90 Å². The molecule has 1 aliphatic rings. The molecule has 0 aliphatic heterocycles. The first-order chi connectivity index (χ1) is 13.0.